The molecule has 0 spiro atoms. The minimum atomic E-state index is -7.86. The minimum absolute atomic E-state index is 0. The van der Waals surface area contributed by atoms with Gasteiger partial charge in [-0.05, 0) is 0 Å². The molecule has 2 nitrogen and oxygen atoms in total. The van der Waals surface area contributed by atoms with E-state index in [1.165, 1.54) is 7.05 Å². The molecule has 1 aliphatic heterocycles. The normalized spacial score (nSPS) is 16.9. The Morgan fingerprint density at radius 2 is 1.11 bits per heavy atom. The molecule has 0 amide bonds. The first-order valence-corrected chi connectivity index (χ1v) is 6.62. The predicted octanol–water partition coefficient (Wildman–Crippen LogP) is 1.83. The number of hydrogen-bond acceptors (Lipinski definition) is 2. The van der Waals surface area contributed by atoms with Crippen molar-refractivity contribution in [3.63, 3.8) is 0 Å². The maximum atomic E-state index is 13.5. The third-order valence-corrected chi connectivity index (χ3v) is 3.42. The molecule has 0 atom stereocenters. The Labute approximate surface area is 166 Å². The molecule has 0 fully saturated rings. The van der Waals surface area contributed by atoms with E-state index >= 15 is 0 Å². The van der Waals surface area contributed by atoms with Crippen molar-refractivity contribution in [2.24, 2.45) is 0 Å². The highest BCUT2D eigenvalue weighted by molar-refractivity contribution is 5.10. The molecule has 0 saturated carbocycles. The van der Waals surface area contributed by atoms with Crippen LogP contribution in [0.3, 0.4) is 0 Å². The summed E-state index contributed by atoms with van der Waals surface area (Å²) in [6, 6.07) is 0. The number of rotatable bonds is 7. The Balaban J connectivity index is 0.00000729. The zero-order valence-corrected chi connectivity index (χ0v) is 15.4. The first-order chi connectivity index (χ1) is 11.7. The monoisotopic (exact) mass is 555 g/mol. The van der Waals surface area contributed by atoms with E-state index < -0.39 is 48.8 Å². The smallest absolute Gasteiger partial charge is 0.564 e. The second kappa shape index (κ2) is 7.70. The fourth-order valence-electron chi connectivity index (χ4n) is 1.79. The SMILES string of the molecule is CN1[C+]N(CCC(F)(F)C(F)(F)C(F)(F)C(F)(F)C(F)(F)C(F)(F)F)C=C1.[I-]. The van der Waals surface area contributed by atoms with E-state index in [4.69, 9.17) is 0 Å². The van der Waals surface area contributed by atoms with Crippen LogP contribution in [0.4, 0.5) is 57.1 Å². The summed E-state index contributed by atoms with van der Waals surface area (Å²) < 4.78 is 167. The van der Waals surface area contributed by atoms with Gasteiger partial charge in [0, 0.05) is 6.42 Å². The van der Waals surface area contributed by atoms with Gasteiger partial charge < -0.3 is 24.0 Å². The van der Waals surface area contributed by atoms with Gasteiger partial charge in [0.2, 0.25) is 0 Å². The molecule has 0 N–H and O–H groups in total. The van der Waals surface area contributed by atoms with Gasteiger partial charge in [0.15, 0.2) is 0 Å². The molecule has 0 aliphatic carbocycles. The molecule has 1 aliphatic rings. The van der Waals surface area contributed by atoms with E-state index in [2.05, 4.69) is 6.67 Å². The average molecular weight is 555 g/mol. The van der Waals surface area contributed by atoms with Crippen LogP contribution in [0, 0.1) is 6.67 Å². The fourth-order valence-corrected chi connectivity index (χ4v) is 1.79. The molecule has 1 heterocycles. The lowest BCUT2D eigenvalue weighted by atomic mass is 9.92. The Hall–Kier alpha value is -0.970. The van der Waals surface area contributed by atoms with Crippen LogP contribution >= 0.6 is 0 Å². The largest absolute Gasteiger partial charge is 1.00 e. The van der Waals surface area contributed by atoms with E-state index in [-0.39, 0.29) is 24.0 Å². The topological polar surface area (TPSA) is 6.48 Å². The van der Waals surface area contributed by atoms with Crippen molar-refractivity contribution in [2.45, 2.75) is 42.2 Å². The van der Waals surface area contributed by atoms with Crippen molar-refractivity contribution in [2.75, 3.05) is 13.6 Å². The van der Waals surface area contributed by atoms with Gasteiger partial charge >= 0.3 is 42.5 Å². The molecule has 1 radical (unpaired) electrons. The lowest BCUT2D eigenvalue weighted by molar-refractivity contribution is -0.440. The van der Waals surface area contributed by atoms with E-state index in [0.29, 0.717) is 4.90 Å². The summed E-state index contributed by atoms with van der Waals surface area (Å²) in [6.07, 6.45) is -7.60. The van der Waals surface area contributed by atoms with Gasteiger partial charge in [-0.3, -0.25) is 0 Å². The second-order valence-electron chi connectivity index (χ2n) is 5.45. The van der Waals surface area contributed by atoms with Crippen LogP contribution in [0.25, 0.3) is 0 Å². The molecule has 0 saturated heterocycles. The zero-order valence-electron chi connectivity index (χ0n) is 13.3. The van der Waals surface area contributed by atoms with Crippen LogP contribution in [-0.4, -0.2) is 59.2 Å². The van der Waals surface area contributed by atoms with Crippen LogP contribution in [0.15, 0.2) is 12.4 Å². The molecule has 0 bridgehead atoms. The molecular formula is C12H9F13IN2. The predicted molar refractivity (Wildman–Crippen MR) is 62.3 cm³/mol. The van der Waals surface area contributed by atoms with Crippen LogP contribution in [0.1, 0.15) is 6.42 Å². The third-order valence-electron chi connectivity index (χ3n) is 3.42. The summed E-state index contributed by atoms with van der Waals surface area (Å²) in [7, 11) is 1.29. The van der Waals surface area contributed by atoms with Gasteiger partial charge in [0.1, 0.15) is 0 Å². The summed E-state index contributed by atoms with van der Waals surface area (Å²) in [5, 5.41) is 0. The quantitative estimate of drug-likeness (QED) is 0.269. The Morgan fingerprint density at radius 3 is 1.46 bits per heavy atom. The van der Waals surface area contributed by atoms with Crippen LogP contribution < -0.4 is 24.0 Å². The number of nitrogens with zero attached hydrogens (tertiary/aromatic N) is 2. The van der Waals surface area contributed by atoms with Gasteiger partial charge in [-0.25, -0.2) is 0 Å². The molecule has 28 heavy (non-hydrogen) atoms. The number of alkyl halides is 13. The molecule has 0 aromatic heterocycles. The van der Waals surface area contributed by atoms with E-state index in [0.717, 1.165) is 17.3 Å². The maximum absolute atomic E-state index is 13.5. The summed E-state index contributed by atoms with van der Waals surface area (Å²) >= 11 is 0. The maximum Gasteiger partial charge on any atom is 0.564 e. The molecular weight excluding hydrogens is 546 g/mol. The first-order valence-electron chi connectivity index (χ1n) is 6.62. The van der Waals surface area contributed by atoms with Crippen LogP contribution in [0.5, 0.6) is 0 Å². The van der Waals surface area contributed by atoms with Gasteiger partial charge in [0.25, 0.3) is 0 Å². The third kappa shape index (κ3) is 4.15. The van der Waals surface area contributed by atoms with E-state index in [9.17, 15) is 57.1 Å². The molecule has 0 aromatic rings. The Kier molecular flexibility index (Phi) is 7.43. The standard InChI is InChI=1S/C12H9F13N2.HI/c1-26-4-5-27(6-26)3-2-7(13,14)8(15,16)9(17,18)10(19,20)11(21,22)12(23,24)25;/h4-5H,2-3H2,1H3;1H/q+1;/p-1. The molecule has 16 heteroatoms. The van der Waals surface area contributed by atoms with E-state index in [1.54, 1.807) is 0 Å². The number of hydrogen-bond donors (Lipinski definition) is 0. The van der Waals surface area contributed by atoms with Crippen molar-refractivity contribution in [1.29, 1.82) is 0 Å². The van der Waals surface area contributed by atoms with E-state index in [1.807, 2.05) is 0 Å². The van der Waals surface area contributed by atoms with Crippen molar-refractivity contribution < 1.29 is 81.1 Å². The Morgan fingerprint density at radius 1 is 0.679 bits per heavy atom. The van der Waals surface area contributed by atoms with Gasteiger partial charge in [0.05, 0.1) is 26.0 Å². The molecule has 0 aromatic carbocycles. The molecule has 165 valence electrons. The first kappa shape index (κ1) is 27.0. The van der Waals surface area contributed by atoms with Gasteiger partial charge in [-0.2, -0.15) is 57.1 Å². The van der Waals surface area contributed by atoms with Crippen molar-refractivity contribution >= 4 is 0 Å². The highest BCUT2D eigenvalue weighted by Gasteiger charge is 2.90. The Bertz CT molecular complexity index is 572. The van der Waals surface area contributed by atoms with Crippen LogP contribution in [-0.2, 0) is 0 Å². The molecule has 0 unspecified atom stereocenters. The van der Waals surface area contributed by atoms with Gasteiger partial charge in [-0.1, -0.05) is 0 Å². The summed E-state index contributed by atoms with van der Waals surface area (Å²) in [4.78, 5) is 1.69. The second-order valence-corrected chi connectivity index (χ2v) is 5.45. The lowest BCUT2D eigenvalue weighted by Gasteiger charge is -2.39. The fraction of sp³-hybridized carbons (Fsp3) is 0.750. The van der Waals surface area contributed by atoms with Gasteiger partial charge in [-0.15, -0.1) is 9.80 Å². The summed E-state index contributed by atoms with van der Waals surface area (Å²) in [6.45, 7) is 0.956. The summed E-state index contributed by atoms with van der Waals surface area (Å²) in [5.74, 6) is -36.6. The van der Waals surface area contributed by atoms with Crippen molar-refractivity contribution in [1.82, 2.24) is 9.80 Å². The summed E-state index contributed by atoms with van der Waals surface area (Å²) in [5.41, 5.74) is 0. The van der Waals surface area contributed by atoms with Crippen LogP contribution in [0.2, 0.25) is 0 Å². The van der Waals surface area contributed by atoms with Crippen molar-refractivity contribution in [3.8, 4) is 0 Å². The highest BCUT2D eigenvalue weighted by Crippen LogP contribution is 2.60. The van der Waals surface area contributed by atoms with Crippen molar-refractivity contribution in [3.05, 3.63) is 19.1 Å². The molecule has 1 rings (SSSR count). The zero-order chi connectivity index (χ0) is 21.7. The lowest BCUT2D eigenvalue weighted by Crippen LogP contribution is -3.00. The minimum Gasteiger partial charge on any atom is -1.00 e. The average Bonchev–Trinajstić information content (AvgIpc) is 2.89. The number of halogens is 14. The highest BCUT2D eigenvalue weighted by atomic mass is 127.